The number of carbonyl (C=O) groups excluding carboxylic acids is 1. The van der Waals surface area contributed by atoms with Crippen molar-refractivity contribution in [2.75, 3.05) is 20.3 Å². The summed E-state index contributed by atoms with van der Waals surface area (Å²) >= 11 is 0. The van der Waals surface area contributed by atoms with Crippen LogP contribution >= 0.6 is 0 Å². The van der Waals surface area contributed by atoms with Crippen LogP contribution in [0.15, 0.2) is 48.5 Å². The predicted octanol–water partition coefficient (Wildman–Crippen LogP) is 3.79. The van der Waals surface area contributed by atoms with E-state index < -0.39 is 12.3 Å². The molecule has 0 heterocycles. The Kier molecular flexibility index (Phi) is 6.64. The largest absolute Gasteiger partial charge is 0.573 e. The van der Waals surface area contributed by atoms with Crippen molar-refractivity contribution in [2.24, 2.45) is 0 Å². The molecule has 0 aliphatic heterocycles. The average molecular weight is 364 g/mol. The van der Waals surface area contributed by atoms with E-state index in [2.05, 4.69) is 16.6 Å². The normalized spacial score (nSPS) is 10.6. The number of ether oxygens (including phenoxy) is 3. The van der Waals surface area contributed by atoms with Crippen LogP contribution in [0.2, 0.25) is 0 Å². The number of benzene rings is 2. The van der Waals surface area contributed by atoms with Crippen molar-refractivity contribution in [1.29, 1.82) is 0 Å². The molecule has 0 aromatic heterocycles. The minimum atomic E-state index is -4.72. The van der Waals surface area contributed by atoms with Gasteiger partial charge < -0.3 is 14.2 Å². The third-order valence-electron chi connectivity index (χ3n) is 3.08. The molecule has 7 heteroatoms. The molecular weight excluding hydrogens is 349 g/mol. The highest BCUT2D eigenvalue weighted by Gasteiger charge is 2.30. The number of alkyl halides is 3. The van der Waals surface area contributed by atoms with E-state index in [-0.39, 0.29) is 12.4 Å². The zero-order valence-electron chi connectivity index (χ0n) is 13.8. The fourth-order valence-electron chi connectivity index (χ4n) is 1.87. The van der Waals surface area contributed by atoms with Crippen LogP contribution < -0.4 is 4.74 Å². The molecule has 0 aliphatic carbocycles. The van der Waals surface area contributed by atoms with Gasteiger partial charge in [0, 0.05) is 18.2 Å². The van der Waals surface area contributed by atoms with Crippen molar-refractivity contribution in [3.05, 3.63) is 65.2 Å². The van der Waals surface area contributed by atoms with Crippen LogP contribution in [-0.4, -0.2) is 32.7 Å². The number of hydrogen-bond acceptors (Lipinski definition) is 4. The van der Waals surface area contributed by atoms with Crippen molar-refractivity contribution in [1.82, 2.24) is 0 Å². The van der Waals surface area contributed by atoms with Gasteiger partial charge in [-0.15, -0.1) is 13.2 Å². The Balaban J connectivity index is 1.98. The van der Waals surface area contributed by atoms with Crippen LogP contribution in [0, 0.1) is 11.8 Å². The summed E-state index contributed by atoms with van der Waals surface area (Å²) in [5.41, 5.74) is 1.57. The van der Waals surface area contributed by atoms with Crippen molar-refractivity contribution in [2.45, 2.75) is 6.36 Å². The lowest BCUT2D eigenvalue weighted by Crippen LogP contribution is -2.16. The van der Waals surface area contributed by atoms with E-state index in [9.17, 15) is 18.0 Å². The number of halogens is 3. The zero-order chi connectivity index (χ0) is 19.0. The molecule has 0 spiro atoms. The maximum Gasteiger partial charge on any atom is 0.573 e. The van der Waals surface area contributed by atoms with Gasteiger partial charge in [-0.25, -0.2) is 4.79 Å². The van der Waals surface area contributed by atoms with Gasteiger partial charge in [0.1, 0.15) is 12.4 Å². The molecule has 0 aliphatic rings. The van der Waals surface area contributed by atoms with Crippen LogP contribution in [0.5, 0.6) is 5.75 Å². The number of methoxy groups -OCH3 is 1. The Bertz CT molecular complexity index is 785. The van der Waals surface area contributed by atoms with Gasteiger partial charge in [0.15, 0.2) is 0 Å². The van der Waals surface area contributed by atoms with Crippen LogP contribution in [0.1, 0.15) is 21.5 Å². The number of rotatable bonds is 5. The van der Waals surface area contributed by atoms with Crippen molar-refractivity contribution < 1.29 is 32.2 Å². The highest BCUT2D eigenvalue weighted by atomic mass is 19.4. The molecule has 26 heavy (non-hydrogen) atoms. The molecule has 0 saturated heterocycles. The third kappa shape index (κ3) is 6.49. The van der Waals surface area contributed by atoms with Crippen LogP contribution in [-0.2, 0) is 9.47 Å². The monoisotopic (exact) mass is 364 g/mol. The minimum absolute atomic E-state index is 0.172. The Morgan fingerprint density at radius 2 is 1.46 bits per heavy atom. The summed E-state index contributed by atoms with van der Waals surface area (Å²) in [6.45, 7) is 0.493. The first-order valence-electron chi connectivity index (χ1n) is 7.51. The Morgan fingerprint density at radius 3 is 1.96 bits per heavy atom. The number of esters is 1. The molecule has 0 atom stereocenters. The minimum Gasteiger partial charge on any atom is -0.460 e. The van der Waals surface area contributed by atoms with Gasteiger partial charge in [-0.2, -0.15) is 0 Å². The van der Waals surface area contributed by atoms with E-state index in [4.69, 9.17) is 9.47 Å². The van der Waals surface area contributed by atoms with E-state index >= 15 is 0 Å². The molecule has 4 nitrogen and oxygen atoms in total. The number of carbonyl (C=O) groups is 1. The molecule has 0 unspecified atom stereocenters. The van der Waals surface area contributed by atoms with Gasteiger partial charge in [0.25, 0.3) is 0 Å². The summed E-state index contributed by atoms with van der Waals surface area (Å²) in [6, 6.07) is 11.7. The molecule has 2 aromatic rings. The van der Waals surface area contributed by atoms with Gasteiger partial charge in [0.05, 0.1) is 12.2 Å². The highest BCUT2D eigenvalue weighted by molar-refractivity contribution is 5.89. The topological polar surface area (TPSA) is 44.8 Å². The molecule has 0 fully saturated rings. The Labute approximate surface area is 148 Å². The summed E-state index contributed by atoms with van der Waals surface area (Å²) in [5, 5.41) is 0. The fourth-order valence-corrected chi connectivity index (χ4v) is 1.87. The first kappa shape index (κ1) is 19.3. The smallest absolute Gasteiger partial charge is 0.460 e. The van der Waals surface area contributed by atoms with Crippen LogP contribution in [0.4, 0.5) is 13.2 Å². The second kappa shape index (κ2) is 8.92. The molecule has 0 saturated carbocycles. The summed E-state index contributed by atoms with van der Waals surface area (Å²) in [5.74, 6) is 4.92. The summed E-state index contributed by atoms with van der Waals surface area (Å²) in [6.07, 6.45) is -4.72. The molecular formula is C19H15F3O4. The lowest BCUT2D eigenvalue weighted by molar-refractivity contribution is -0.274. The third-order valence-corrected chi connectivity index (χ3v) is 3.08. The van der Waals surface area contributed by atoms with E-state index in [1.165, 1.54) is 31.4 Å². The first-order chi connectivity index (χ1) is 12.4. The lowest BCUT2D eigenvalue weighted by Gasteiger charge is -2.07. The zero-order valence-corrected chi connectivity index (χ0v) is 13.8. The van der Waals surface area contributed by atoms with Gasteiger partial charge in [0.2, 0.25) is 0 Å². The Morgan fingerprint density at radius 1 is 0.923 bits per heavy atom. The lowest BCUT2D eigenvalue weighted by atomic mass is 10.1. The van der Waals surface area contributed by atoms with E-state index in [0.717, 1.165) is 0 Å². The first-order valence-corrected chi connectivity index (χ1v) is 7.51. The summed E-state index contributed by atoms with van der Waals surface area (Å²) in [4.78, 5) is 11.7. The SMILES string of the molecule is COCCOC(=O)c1ccc(C#Cc2ccc(OC(F)(F)F)cc2)cc1. The van der Waals surface area contributed by atoms with Crippen LogP contribution in [0.3, 0.4) is 0 Å². The maximum absolute atomic E-state index is 12.1. The number of hydrogen-bond donors (Lipinski definition) is 0. The molecule has 2 rings (SSSR count). The van der Waals surface area contributed by atoms with Gasteiger partial charge in [-0.05, 0) is 48.5 Å². The molecule has 0 N–H and O–H groups in total. The molecule has 0 amide bonds. The fraction of sp³-hybridized carbons (Fsp3) is 0.211. The van der Waals surface area contributed by atoms with Gasteiger partial charge in [-0.3, -0.25) is 0 Å². The standard InChI is InChI=1S/C19H15F3O4/c1-24-12-13-25-18(23)16-8-4-14(5-9-16)2-3-15-6-10-17(11-7-15)26-19(20,21)22/h4-11H,12-13H2,1H3. The second-order valence-electron chi connectivity index (χ2n) is 5.03. The maximum atomic E-state index is 12.1. The van der Waals surface area contributed by atoms with Gasteiger partial charge in [-0.1, -0.05) is 11.8 Å². The average Bonchev–Trinajstić information content (AvgIpc) is 2.60. The summed E-state index contributed by atoms with van der Waals surface area (Å²) in [7, 11) is 1.51. The predicted molar refractivity (Wildman–Crippen MR) is 87.7 cm³/mol. The quantitative estimate of drug-likeness (QED) is 0.460. The highest BCUT2D eigenvalue weighted by Crippen LogP contribution is 2.22. The molecule has 0 bridgehead atoms. The van der Waals surface area contributed by atoms with Crippen LogP contribution in [0.25, 0.3) is 0 Å². The van der Waals surface area contributed by atoms with E-state index in [1.54, 1.807) is 24.3 Å². The second-order valence-corrected chi connectivity index (χ2v) is 5.03. The van der Waals surface area contributed by atoms with E-state index in [0.29, 0.717) is 23.3 Å². The van der Waals surface area contributed by atoms with Crippen molar-refractivity contribution in [3.63, 3.8) is 0 Å². The molecule has 136 valence electrons. The summed E-state index contributed by atoms with van der Waals surface area (Å²) < 4.78 is 49.9. The van der Waals surface area contributed by atoms with Crippen molar-refractivity contribution in [3.8, 4) is 17.6 Å². The van der Waals surface area contributed by atoms with Crippen molar-refractivity contribution >= 4 is 5.97 Å². The van der Waals surface area contributed by atoms with Gasteiger partial charge >= 0.3 is 12.3 Å². The Hall–Kier alpha value is -2.98. The molecule has 0 radical (unpaired) electrons. The molecule has 2 aromatic carbocycles. The van der Waals surface area contributed by atoms with E-state index in [1.807, 2.05) is 0 Å².